The van der Waals surface area contributed by atoms with Gasteiger partial charge in [0.2, 0.25) is 0 Å². The van der Waals surface area contributed by atoms with Crippen molar-refractivity contribution in [3.8, 4) is 0 Å². The number of thiophene rings is 1. The van der Waals surface area contributed by atoms with Crippen molar-refractivity contribution >= 4 is 28.1 Å². The van der Waals surface area contributed by atoms with Crippen LogP contribution in [0, 0.1) is 0 Å². The molecule has 1 saturated carbocycles. The first kappa shape index (κ1) is 14.4. The Labute approximate surface area is 139 Å². The molecule has 2 amide bonds. The molecule has 2 aliphatic rings. The summed E-state index contributed by atoms with van der Waals surface area (Å²) in [4.78, 5) is 25.2. The average molecular weight is 329 g/mol. The van der Waals surface area contributed by atoms with Crippen LogP contribution in [0.2, 0.25) is 0 Å². The van der Waals surface area contributed by atoms with Gasteiger partial charge in [0.25, 0.3) is 0 Å². The van der Waals surface area contributed by atoms with Crippen molar-refractivity contribution in [1.82, 2.24) is 14.9 Å². The van der Waals surface area contributed by atoms with Crippen LogP contribution in [0.25, 0.3) is 0 Å². The number of anilines is 2. The van der Waals surface area contributed by atoms with Crippen molar-refractivity contribution in [2.45, 2.75) is 18.8 Å². The van der Waals surface area contributed by atoms with E-state index in [4.69, 9.17) is 0 Å². The predicted molar refractivity (Wildman–Crippen MR) is 91.1 cm³/mol. The van der Waals surface area contributed by atoms with Crippen LogP contribution in [0.4, 0.5) is 15.5 Å². The zero-order valence-corrected chi connectivity index (χ0v) is 13.6. The quantitative estimate of drug-likeness (QED) is 0.940. The summed E-state index contributed by atoms with van der Waals surface area (Å²) in [7, 11) is 0. The maximum Gasteiger partial charge on any atom is 0.322 e. The topological polar surface area (TPSA) is 61.4 Å². The van der Waals surface area contributed by atoms with Gasteiger partial charge in [0.1, 0.15) is 5.82 Å². The van der Waals surface area contributed by atoms with Gasteiger partial charge in [-0.1, -0.05) is 0 Å². The van der Waals surface area contributed by atoms with Gasteiger partial charge < -0.3 is 15.1 Å². The van der Waals surface area contributed by atoms with Crippen molar-refractivity contribution < 1.29 is 4.79 Å². The van der Waals surface area contributed by atoms with Gasteiger partial charge in [-0.3, -0.25) is 0 Å². The molecule has 2 fully saturated rings. The largest absolute Gasteiger partial charge is 0.360 e. The number of carbonyl (C=O) groups excluding carboxylic acids is 1. The van der Waals surface area contributed by atoms with Crippen molar-refractivity contribution in [2.24, 2.45) is 0 Å². The van der Waals surface area contributed by atoms with E-state index in [-0.39, 0.29) is 6.03 Å². The second-order valence-corrected chi connectivity index (χ2v) is 6.89. The first-order chi connectivity index (χ1) is 11.3. The lowest BCUT2D eigenvalue weighted by Gasteiger charge is -2.35. The van der Waals surface area contributed by atoms with Gasteiger partial charge in [0.15, 0.2) is 0 Å². The number of nitrogens with one attached hydrogen (secondary N) is 1. The number of amides is 2. The second-order valence-electron chi connectivity index (χ2n) is 5.96. The molecular formula is C16H19N5OS. The molecule has 2 aromatic heterocycles. The third-order valence-corrected chi connectivity index (χ3v) is 5.18. The number of carbonyl (C=O) groups is 1. The molecule has 1 aliphatic carbocycles. The van der Waals surface area contributed by atoms with Crippen LogP contribution in [-0.2, 0) is 0 Å². The smallest absolute Gasteiger partial charge is 0.322 e. The summed E-state index contributed by atoms with van der Waals surface area (Å²) in [6.07, 6.45) is 5.78. The van der Waals surface area contributed by atoms with Gasteiger partial charge in [-0.05, 0) is 30.4 Å². The van der Waals surface area contributed by atoms with E-state index in [1.165, 1.54) is 17.8 Å². The van der Waals surface area contributed by atoms with E-state index in [0.29, 0.717) is 11.6 Å². The van der Waals surface area contributed by atoms with E-state index in [9.17, 15) is 4.79 Å². The Bertz CT molecular complexity index is 660. The molecule has 0 bridgehead atoms. The third-order valence-electron chi connectivity index (χ3n) is 4.25. The Morgan fingerprint density at radius 3 is 2.52 bits per heavy atom. The molecule has 23 heavy (non-hydrogen) atoms. The second kappa shape index (κ2) is 6.16. The van der Waals surface area contributed by atoms with Gasteiger partial charge in [0.05, 0.1) is 23.1 Å². The fourth-order valence-corrected chi connectivity index (χ4v) is 3.52. The minimum absolute atomic E-state index is 0.0707. The summed E-state index contributed by atoms with van der Waals surface area (Å²) in [6, 6.07) is 4.11. The maximum absolute atomic E-state index is 12.3. The normalized spacial score (nSPS) is 18.1. The molecule has 4 rings (SSSR count). The van der Waals surface area contributed by atoms with Gasteiger partial charge >= 0.3 is 6.03 Å². The van der Waals surface area contributed by atoms with Crippen LogP contribution < -0.4 is 10.2 Å². The summed E-state index contributed by atoms with van der Waals surface area (Å²) >= 11 is 1.74. The number of hydrogen-bond donors (Lipinski definition) is 1. The van der Waals surface area contributed by atoms with Crippen LogP contribution in [0.1, 0.15) is 24.6 Å². The number of piperazine rings is 1. The molecule has 0 unspecified atom stereocenters. The molecule has 1 N–H and O–H groups in total. The SMILES string of the molecule is O=C(Nc1cnc(C2CC2)nc1)N1CCN(c2cccs2)CC1. The monoisotopic (exact) mass is 329 g/mol. The summed E-state index contributed by atoms with van der Waals surface area (Å²) in [5, 5.41) is 6.25. The first-order valence-corrected chi connectivity index (χ1v) is 8.84. The highest BCUT2D eigenvalue weighted by atomic mass is 32.1. The molecule has 7 heteroatoms. The molecule has 6 nitrogen and oxygen atoms in total. The highest BCUT2D eigenvalue weighted by molar-refractivity contribution is 7.14. The third kappa shape index (κ3) is 3.29. The van der Waals surface area contributed by atoms with Crippen LogP contribution >= 0.6 is 11.3 Å². The van der Waals surface area contributed by atoms with E-state index in [0.717, 1.165) is 32.0 Å². The number of rotatable bonds is 3. The number of urea groups is 1. The van der Waals surface area contributed by atoms with Crippen LogP contribution in [0.5, 0.6) is 0 Å². The van der Waals surface area contributed by atoms with E-state index >= 15 is 0 Å². The standard InChI is InChI=1S/C16H19N5OS/c22-16(19-13-10-17-15(18-11-13)12-3-4-12)21-7-5-20(6-8-21)14-2-1-9-23-14/h1-2,9-12H,3-8H2,(H,19,22). The van der Waals surface area contributed by atoms with E-state index in [1.54, 1.807) is 23.7 Å². The highest BCUT2D eigenvalue weighted by Crippen LogP contribution is 2.37. The summed E-state index contributed by atoms with van der Waals surface area (Å²) in [5.41, 5.74) is 0.667. The molecule has 0 spiro atoms. The Hall–Kier alpha value is -2.15. The predicted octanol–water partition coefficient (Wildman–Crippen LogP) is 2.77. The van der Waals surface area contributed by atoms with Crippen molar-refractivity contribution in [3.63, 3.8) is 0 Å². The zero-order chi connectivity index (χ0) is 15.6. The lowest BCUT2D eigenvalue weighted by Crippen LogP contribution is -2.50. The molecule has 2 aromatic rings. The van der Waals surface area contributed by atoms with Gasteiger partial charge in [-0.2, -0.15) is 0 Å². The maximum atomic E-state index is 12.3. The number of nitrogens with zero attached hydrogens (tertiary/aromatic N) is 4. The van der Waals surface area contributed by atoms with E-state index in [1.807, 2.05) is 4.90 Å². The molecular weight excluding hydrogens is 310 g/mol. The average Bonchev–Trinajstić information content (AvgIpc) is 3.30. The van der Waals surface area contributed by atoms with Crippen molar-refractivity contribution in [2.75, 3.05) is 36.4 Å². The Morgan fingerprint density at radius 1 is 1.17 bits per heavy atom. The van der Waals surface area contributed by atoms with Crippen molar-refractivity contribution in [1.29, 1.82) is 0 Å². The van der Waals surface area contributed by atoms with Crippen LogP contribution in [-0.4, -0.2) is 47.1 Å². The number of hydrogen-bond acceptors (Lipinski definition) is 5. The van der Waals surface area contributed by atoms with Gasteiger partial charge in [-0.15, -0.1) is 11.3 Å². The van der Waals surface area contributed by atoms with Crippen molar-refractivity contribution in [3.05, 3.63) is 35.7 Å². The van der Waals surface area contributed by atoms with E-state index in [2.05, 4.69) is 37.7 Å². The summed E-state index contributed by atoms with van der Waals surface area (Å²) < 4.78 is 0. The molecule has 1 saturated heterocycles. The fraction of sp³-hybridized carbons (Fsp3) is 0.438. The summed E-state index contributed by atoms with van der Waals surface area (Å²) in [6.45, 7) is 3.19. The number of aromatic nitrogens is 2. The Morgan fingerprint density at radius 2 is 1.91 bits per heavy atom. The molecule has 3 heterocycles. The van der Waals surface area contributed by atoms with E-state index < -0.39 is 0 Å². The zero-order valence-electron chi connectivity index (χ0n) is 12.8. The molecule has 1 aliphatic heterocycles. The highest BCUT2D eigenvalue weighted by Gasteiger charge is 2.26. The van der Waals surface area contributed by atoms with Gasteiger partial charge in [0, 0.05) is 32.1 Å². The Kier molecular flexibility index (Phi) is 3.87. The van der Waals surface area contributed by atoms with Gasteiger partial charge in [-0.25, -0.2) is 14.8 Å². The molecule has 120 valence electrons. The lowest BCUT2D eigenvalue weighted by atomic mass is 10.3. The summed E-state index contributed by atoms with van der Waals surface area (Å²) in [5.74, 6) is 1.43. The lowest BCUT2D eigenvalue weighted by molar-refractivity contribution is 0.208. The molecule has 0 radical (unpaired) electrons. The molecule has 0 aromatic carbocycles. The molecule has 0 atom stereocenters. The fourth-order valence-electron chi connectivity index (χ4n) is 2.74. The Balaban J connectivity index is 1.31. The first-order valence-electron chi connectivity index (χ1n) is 7.96. The van der Waals surface area contributed by atoms with Crippen LogP contribution in [0.3, 0.4) is 0 Å². The van der Waals surface area contributed by atoms with Crippen LogP contribution in [0.15, 0.2) is 29.9 Å². The minimum atomic E-state index is -0.0707. The minimum Gasteiger partial charge on any atom is -0.360 e.